The number of benzene rings is 1. The first-order chi connectivity index (χ1) is 12.5. The van der Waals surface area contributed by atoms with Crippen LogP contribution in [0.25, 0.3) is 0 Å². The average molecular weight is 401 g/mol. The van der Waals surface area contributed by atoms with E-state index in [0.29, 0.717) is 0 Å². The van der Waals surface area contributed by atoms with Crippen LogP contribution in [0.4, 0.5) is 4.79 Å². The maximum Gasteiger partial charge on any atom is 0.408 e. The lowest BCUT2D eigenvalue weighted by Crippen LogP contribution is -2.47. The summed E-state index contributed by atoms with van der Waals surface area (Å²) in [5.41, 5.74) is 0.371. The molecular formula is C18H27NO7S. The molecule has 8 nitrogen and oxygen atoms in total. The molecule has 0 spiro atoms. The highest BCUT2D eigenvalue weighted by Crippen LogP contribution is 2.15. The van der Waals surface area contributed by atoms with Crippen molar-refractivity contribution in [3.63, 3.8) is 0 Å². The van der Waals surface area contributed by atoms with Crippen LogP contribution in [-0.2, 0) is 35.2 Å². The van der Waals surface area contributed by atoms with Crippen LogP contribution in [0.15, 0.2) is 30.3 Å². The fraction of sp³-hybridized carbons (Fsp3) is 0.556. The molecule has 0 radical (unpaired) electrons. The molecule has 152 valence electrons. The number of carbonyl (C=O) groups is 2. The molecule has 0 fully saturated rings. The first kappa shape index (κ1) is 22.9. The van der Waals surface area contributed by atoms with E-state index in [9.17, 15) is 18.0 Å². The molecule has 0 saturated heterocycles. The lowest BCUT2D eigenvalue weighted by Gasteiger charge is -2.20. The van der Waals surface area contributed by atoms with E-state index in [4.69, 9.17) is 13.7 Å². The highest BCUT2D eigenvalue weighted by Gasteiger charge is 2.30. The van der Waals surface area contributed by atoms with Gasteiger partial charge in [0.2, 0.25) is 0 Å². The average Bonchev–Trinajstić information content (AvgIpc) is 2.58. The third-order valence-electron chi connectivity index (χ3n) is 3.12. The molecule has 1 rings (SSSR count). The standard InChI is InChI=1S/C18H27NO7S/c1-5-24-16(20)15(12-27(22,23)26-13-18(2,3)4)19-17(21)25-11-14-9-7-6-8-10-14/h6-10,15H,5,11-13H2,1-4H3,(H,19,21)/t15-/m0/s1. The Morgan fingerprint density at radius 1 is 1.11 bits per heavy atom. The number of alkyl carbamates (subject to hydrolysis) is 1. The number of hydrogen-bond donors (Lipinski definition) is 1. The van der Waals surface area contributed by atoms with E-state index in [0.717, 1.165) is 5.56 Å². The fourth-order valence-electron chi connectivity index (χ4n) is 1.84. The summed E-state index contributed by atoms with van der Waals surface area (Å²) in [4.78, 5) is 24.0. The van der Waals surface area contributed by atoms with Crippen molar-refractivity contribution in [3.05, 3.63) is 35.9 Å². The second kappa shape index (κ2) is 10.3. The predicted octanol–water partition coefficient (Wildman–Crippen LogP) is 2.24. The first-order valence-electron chi connectivity index (χ1n) is 8.53. The molecule has 0 aliphatic carbocycles. The minimum Gasteiger partial charge on any atom is -0.464 e. The van der Waals surface area contributed by atoms with Crippen LogP contribution in [0, 0.1) is 5.41 Å². The van der Waals surface area contributed by atoms with Gasteiger partial charge in [-0.1, -0.05) is 51.1 Å². The van der Waals surface area contributed by atoms with Gasteiger partial charge >= 0.3 is 12.1 Å². The van der Waals surface area contributed by atoms with Crippen molar-refractivity contribution in [3.8, 4) is 0 Å². The van der Waals surface area contributed by atoms with Crippen LogP contribution in [0.5, 0.6) is 0 Å². The number of hydrogen-bond acceptors (Lipinski definition) is 7. The van der Waals surface area contributed by atoms with Gasteiger partial charge in [0.05, 0.1) is 13.2 Å². The van der Waals surface area contributed by atoms with E-state index in [1.165, 1.54) is 0 Å². The smallest absolute Gasteiger partial charge is 0.408 e. The molecule has 0 saturated carbocycles. The van der Waals surface area contributed by atoms with Gasteiger partial charge in [-0.3, -0.25) is 4.18 Å². The second-order valence-corrected chi connectivity index (χ2v) is 8.74. The molecule has 1 N–H and O–H groups in total. The van der Waals surface area contributed by atoms with Gasteiger partial charge in [-0.05, 0) is 17.9 Å². The first-order valence-corrected chi connectivity index (χ1v) is 10.1. The molecular weight excluding hydrogens is 374 g/mol. The van der Waals surface area contributed by atoms with Crippen molar-refractivity contribution in [1.29, 1.82) is 0 Å². The summed E-state index contributed by atoms with van der Waals surface area (Å²) in [7, 11) is -4.06. The zero-order chi connectivity index (χ0) is 20.5. The summed E-state index contributed by atoms with van der Waals surface area (Å²) in [6, 6.07) is 7.50. The van der Waals surface area contributed by atoms with E-state index < -0.39 is 34.0 Å². The Labute approximate surface area is 160 Å². The molecule has 1 atom stereocenters. The molecule has 0 unspecified atom stereocenters. The van der Waals surface area contributed by atoms with Crippen LogP contribution < -0.4 is 5.32 Å². The van der Waals surface area contributed by atoms with Gasteiger partial charge in [0.15, 0.2) is 0 Å². The Morgan fingerprint density at radius 3 is 2.30 bits per heavy atom. The van der Waals surface area contributed by atoms with Crippen LogP contribution >= 0.6 is 0 Å². The molecule has 1 aromatic rings. The van der Waals surface area contributed by atoms with Crippen molar-refractivity contribution in [1.82, 2.24) is 5.32 Å². The summed E-state index contributed by atoms with van der Waals surface area (Å²) < 4.78 is 39.1. The molecule has 1 amide bonds. The summed E-state index contributed by atoms with van der Waals surface area (Å²) in [6.45, 7) is 6.98. The Balaban J connectivity index is 2.70. The van der Waals surface area contributed by atoms with Crippen LogP contribution in [0.3, 0.4) is 0 Å². The minimum atomic E-state index is -4.06. The highest BCUT2D eigenvalue weighted by atomic mass is 32.2. The number of amides is 1. The summed E-state index contributed by atoms with van der Waals surface area (Å²) in [5.74, 6) is -1.63. The third kappa shape index (κ3) is 9.95. The largest absolute Gasteiger partial charge is 0.464 e. The minimum absolute atomic E-state index is 0.0184. The Kier molecular flexibility index (Phi) is 8.71. The number of nitrogens with one attached hydrogen (secondary N) is 1. The van der Waals surface area contributed by atoms with Crippen molar-refractivity contribution >= 4 is 22.2 Å². The van der Waals surface area contributed by atoms with Crippen molar-refractivity contribution in [2.75, 3.05) is 19.0 Å². The van der Waals surface area contributed by atoms with Gasteiger partial charge in [0, 0.05) is 0 Å². The van der Waals surface area contributed by atoms with E-state index in [2.05, 4.69) is 5.32 Å². The second-order valence-electron chi connectivity index (χ2n) is 7.06. The third-order valence-corrected chi connectivity index (χ3v) is 4.34. The number of carbonyl (C=O) groups excluding carboxylic acids is 2. The van der Waals surface area contributed by atoms with E-state index in [1.807, 2.05) is 26.8 Å². The molecule has 0 bridgehead atoms. The van der Waals surface area contributed by atoms with Crippen LogP contribution in [-0.4, -0.2) is 45.5 Å². The van der Waals surface area contributed by atoms with Crippen LogP contribution in [0.2, 0.25) is 0 Å². The molecule has 9 heteroatoms. The summed E-state index contributed by atoms with van der Waals surface area (Å²) in [5, 5.41) is 2.23. The zero-order valence-electron chi connectivity index (χ0n) is 16.1. The van der Waals surface area contributed by atoms with Crippen molar-refractivity contribution in [2.45, 2.75) is 40.3 Å². The van der Waals surface area contributed by atoms with Gasteiger partial charge < -0.3 is 14.8 Å². The maximum absolute atomic E-state index is 12.1. The van der Waals surface area contributed by atoms with Gasteiger partial charge in [-0.25, -0.2) is 9.59 Å². The topological polar surface area (TPSA) is 108 Å². The number of rotatable bonds is 9. The monoisotopic (exact) mass is 401 g/mol. The van der Waals surface area contributed by atoms with E-state index in [-0.39, 0.29) is 25.2 Å². The summed E-state index contributed by atoms with van der Waals surface area (Å²) >= 11 is 0. The highest BCUT2D eigenvalue weighted by molar-refractivity contribution is 7.86. The van der Waals surface area contributed by atoms with Gasteiger partial charge in [0.1, 0.15) is 18.4 Å². The summed E-state index contributed by atoms with van der Waals surface area (Å²) in [6.07, 6.45) is -0.928. The molecule has 0 aliphatic heterocycles. The quantitative estimate of drug-likeness (QED) is 0.499. The molecule has 0 aliphatic rings. The molecule has 0 aromatic heterocycles. The maximum atomic E-state index is 12.1. The lowest BCUT2D eigenvalue weighted by atomic mass is 9.99. The van der Waals surface area contributed by atoms with Gasteiger partial charge in [-0.15, -0.1) is 0 Å². The fourth-order valence-corrected chi connectivity index (χ4v) is 3.09. The van der Waals surface area contributed by atoms with E-state index >= 15 is 0 Å². The normalized spacial score (nSPS) is 12.9. The zero-order valence-corrected chi connectivity index (χ0v) is 16.9. The van der Waals surface area contributed by atoms with Crippen molar-refractivity contribution < 1.29 is 31.7 Å². The van der Waals surface area contributed by atoms with Crippen LogP contribution in [0.1, 0.15) is 33.3 Å². The Morgan fingerprint density at radius 2 is 1.74 bits per heavy atom. The van der Waals surface area contributed by atoms with Gasteiger partial charge in [0.25, 0.3) is 10.1 Å². The SMILES string of the molecule is CCOC(=O)[C@H](CS(=O)(=O)OCC(C)(C)C)NC(=O)OCc1ccccc1. The molecule has 1 aromatic carbocycles. The van der Waals surface area contributed by atoms with E-state index in [1.54, 1.807) is 31.2 Å². The lowest BCUT2D eigenvalue weighted by molar-refractivity contribution is -0.144. The van der Waals surface area contributed by atoms with Gasteiger partial charge in [-0.2, -0.15) is 8.42 Å². The predicted molar refractivity (Wildman–Crippen MR) is 99.4 cm³/mol. The van der Waals surface area contributed by atoms with Crippen molar-refractivity contribution in [2.24, 2.45) is 5.41 Å². The molecule has 0 heterocycles. The Bertz CT molecular complexity index is 711. The number of esters is 1. The Hall–Kier alpha value is -2.13. The molecule has 27 heavy (non-hydrogen) atoms. The number of ether oxygens (including phenoxy) is 2.